The largest absolute Gasteiger partial charge is 0.404 e. The number of aromatic nitrogens is 1. The van der Waals surface area contributed by atoms with Gasteiger partial charge in [0.1, 0.15) is 0 Å². The average Bonchev–Trinajstić information content (AvgIpc) is 2.20. The molecule has 0 amide bonds. The Morgan fingerprint density at radius 3 is 2.57 bits per heavy atom. The van der Waals surface area contributed by atoms with Crippen LogP contribution < -0.4 is 5.73 Å². The quantitative estimate of drug-likeness (QED) is 0.716. The van der Waals surface area contributed by atoms with Crippen LogP contribution in [0.5, 0.6) is 0 Å². The normalized spacial score (nSPS) is 11.8. The van der Waals surface area contributed by atoms with Crippen molar-refractivity contribution in [2.45, 2.75) is 19.8 Å². The van der Waals surface area contributed by atoms with E-state index in [1.807, 2.05) is 18.3 Å². The fraction of sp³-hybridized carbons (Fsp3) is 0.273. The SMILES string of the molecule is CC(C)c1ccc(C(C=N)=CN)nc1. The number of rotatable bonds is 3. The van der Waals surface area contributed by atoms with Gasteiger partial charge in [-0.05, 0) is 17.5 Å². The van der Waals surface area contributed by atoms with Gasteiger partial charge in [0.2, 0.25) is 0 Å². The highest BCUT2D eigenvalue weighted by atomic mass is 14.7. The fourth-order valence-electron chi connectivity index (χ4n) is 1.13. The minimum Gasteiger partial charge on any atom is -0.404 e. The standard InChI is InChI=1S/C11H15N3/c1-8(2)9-3-4-11(14-7-9)10(5-12)6-13/h3-8,12H,13H2,1-2H3. The van der Waals surface area contributed by atoms with E-state index in [2.05, 4.69) is 18.8 Å². The predicted molar refractivity (Wildman–Crippen MR) is 59.3 cm³/mol. The summed E-state index contributed by atoms with van der Waals surface area (Å²) in [4.78, 5) is 4.24. The summed E-state index contributed by atoms with van der Waals surface area (Å²) in [5.74, 6) is 0.474. The van der Waals surface area contributed by atoms with E-state index in [1.165, 1.54) is 18.0 Å². The van der Waals surface area contributed by atoms with Crippen LogP contribution in [0.1, 0.15) is 31.0 Å². The van der Waals surface area contributed by atoms with E-state index in [0.717, 1.165) is 5.69 Å². The van der Waals surface area contributed by atoms with Gasteiger partial charge < -0.3 is 11.1 Å². The Kier molecular flexibility index (Phi) is 3.40. The van der Waals surface area contributed by atoms with Gasteiger partial charge in [0.15, 0.2) is 0 Å². The minimum atomic E-state index is 0.474. The monoisotopic (exact) mass is 189 g/mol. The van der Waals surface area contributed by atoms with Crippen molar-refractivity contribution in [3.8, 4) is 0 Å². The van der Waals surface area contributed by atoms with Crippen LogP contribution >= 0.6 is 0 Å². The van der Waals surface area contributed by atoms with Gasteiger partial charge in [-0.2, -0.15) is 0 Å². The molecule has 3 N–H and O–H groups in total. The lowest BCUT2D eigenvalue weighted by Crippen LogP contribution is -1.96. The first-order valence-corrected chi connectivity index (χ1v) is 4.57. The van der Waals surface area contributed by atoms with E-state index in [-0.39, 0.29) is 0 Å². The lowest BCUT2D eigenvalue weighted by atomic mass is 10.0. The molecule has 14 heavy (non-hydrogen) atoms. The first-order valence-electron chi connectivity index (χ1n) is 4.57. The van der Waals surface area contributed by atoms with Crippen molar-refractivity contribution in [3.05, 3.63) is 35.8 Å². The summed E-state index contributed by atoms with van der Waals surface area (Å²) in [6.07, 6.45) is 4.43. The number of nitrogens with zero attached hydrogens (tertiary/aromatic N) is 1. The molecule has 0 spiro atoms. The highest BCUT2D eigenvalue weighted by Gasteiger charge is 2.02. The molecule has 1 aromatic rings. The maximum atomic E-state index is 7.12. The second-order valence-electron chi connectivity index (χ2n) is 3.40. The Balaban J connectivity index is 2.99. The van der Waals surface area contributed by atoms with Crippen LogP contribution in [0.4, 0.5) is 0 Å². The second kappa shape index (κ2) is 4.56. The van der Waals surface area contributed by atoms with Crippen LogP contribution in [0.3, 0.4) is 0 Å². The molecule has 0 saturated carbocycles. The molecular weight excluding hydrogens is 174 g/mol. The minimum absolute atomic E-state index is 0.474. The number of nitrogens with two attached hydrogens (primary N) is 1. The zero-order chi connectivity index (χ0) is 10.6. The van der Waals surface area contributed by atoms with Crippen molar-refractivity contribution >= 4 is 11.8 Å². The molecule has 0 radical (unpaired) electrons. The summed E-state index contributed by atoms with van der Waals surface area (Å²) < 4.78 is 0. The molecule has 1 heterocycles. The lowest BCUT2D eigenvalue weighted by molar-refractivity contribution is 0.857. The molecule has 0 aliphatic carbocycles. The van der Waals surface area contributed by atoms with Gasteiger partial charge in [-0.3, -0.25) is 4.98 Å². The number of pyridine rings is 1. The van der Waals surface area contributed by atoms with Crippen molar-refractivity contribution in [3.63, 3.8) is 0 Å². The summed E-state index contributed by atoms with van der Waals surface area (Å²) in [5.41, 5.74) is 7.93. The Labute approximate surface area is 84.2 Å². The van der Waals surface area contributed by atoms with Crippen molar-refractivity contribution in [1.29, 1.82) is 5.41 Å². The van der Waals surface area contributed by atoms with Crippen LogP contribution in [0.15, 0.2) is 24.5 Å². The van der Waals surface area contributed by atoms with Gasteiger partial charge >= 0.3 is 0 Å². The van der Waals surface area contributed by atoms with E-state index >= 15 is 0 Å². The number of allylic oxidation sites excluding steroid dienone is 1. The molecule has 0 aliphatic rings. The van der Waals surface area contributed by atoms with Gasteiger partial charge in [0.25, 0.3) is 0 Å². The Morgan fingerprint density at radius 2 is 2.21 bits per heavy atom. The first kappa shape index (κ1) is 10.4. The first-order chi connectivity index (χ1) is 6.69. The molecule has 3 heteroatoms. The van der Waals surface area contributed by atoms with Gasteiger partial charge in [-0.25, -0.2) is 0 Å². The summed E-state index contributed by atoms with van der Waals surface area (Å²) in [6, 6.07) is 3.90. The molecule has 1 aromatic heterocycles. The van der Waals surface area contributed by atoms with Crippen LogP contribution in [0.2, 0.25) is 0 Å². The molecule has 0 unspecified atom stereocenters. The maximum absolute atomic E-state index is 7.12. The topological polar surface area (TPSA) is 62.8 Å². The van der Waals surface area contributed by atoms with E-state index in [4.69, 9.17) is 11.1 Å². The summed E-state index contributed by atoms with van der Waals surface area (Å²) in [6.45, 7) is 4.24. The molecule has 3 nitrogen and oxygen atoms in total. The van der Waals surface area contributed by atoms with E-state index in [1.54, 1.807) is 0 Å². The highest BCUT2D eigenvalue weighted by molar-refractivity contribution is 6.07. The molecule has 0 bridgehead atoms. The summed E-state index contributed by atoms with van der Waals surface area (Å²) >= 11 is 0. The summed E-state index contributed by atoms with van der Waals surface area (Å²) in [7, 11) is 0. The van der Waals surface area contributed by atoms with Crippen molar-refractivity contribution in [1.82, 2.24) is 4.98 Å². The highest BCUT2D eigenvalue weighted by Crippen LogP contribution is 2.15. The molecule has 0 saturated heterocycles. The van der Waals surface area contributed by atoms with Crippen molar-refractivity contribution in [2.24, 2.45) is 5.73 Å². The van der Waals surface area contributed by atoms with Gasteiger partial charge in [0.05, 0.1) is 5.69 Å². The van der Waals surface area contributed by atoms with Crippen molar-refractivity contribution in [2.75, 3.05) is 0 Å². The summed E-state index contributed by atoms with van der Waals surface area (Å²) in [5, 5.41) is 7.12. The maximum Gasteiger partial charge on any atom is 0.0731 e. The van der Waals surface area contributed by atoms with Crippen molar-refractivity contribution < 1.29 is 0 Å². The molecule has 0 aromatic carbocycles. The number of hydrogen-bond acceptors (Lipinski definition) is 3. The van der Waals surface area contributed by atoms with Gasteiger partial charge in [-0.1, -0.05) is 19.9 Å². The van der Waals surface area contributed by atoms with E-state index in [0.29, 0.717) is 11.5 Å². The third-order valence-electron chi connectivity index (χ3n) is 2.08. The predicted octanol–water partition coefficient (Wildman–Crippen LogP) is 2.15. The Morgan fingerprint density at radius 1 is 1.50 bits per heavy atom. The van der Waals surface area contributed by atoms with Crippen LogP contribution in [-0.2, 0) is 0 Å². The fourth-order valence-corrected chi connectivity index (χ4v) is 1.13. The number of hydrogen-bond donors (Lipinski definition) is 2. The Hall–Kier alpha value is -1.64. The van der Waals surface area contributed by atoms with Crippen LogP contribution in [0, 0.1) is 5.41 Å². The van der Waals surface area contributed by atoms with E-state index < -0.39 is 0 Å². The zero-order valence-corrected chi connectivity index (χ0v) is 8.49. The Bertz CT molecular complexity index is 336. The zero-order valence-electron chi connectivity index (χ0n) is 8.49. The molecule has 1 rings (SSSR count). The third kappa shape index (κ3) is 2.19. The van der Waals surface area contributed by atoms with Crippen LogP contribution in [-0.4, -0.2) is 11.2 Å². The van der Waals surface area contributed by atoms with Gasteiger partial charge in [0, 0.05) is 24.2 Å². The second-order valence-corrected chi connectivity index (χ2v) is 3.40. The molecule has 0 atom stereocenters. The smallest absolute Gasteiger partial charge is 0.0731 e. The third-order valence-corrected chi connectivity index (χ3v) is 2.08. The average molecular weight is 189 g/mol. The van der Waals surface area contributed by atoms with Gasteiger partial charge in [-0.15, -0.1) is 0 Å². The molecule has 74 valence electrons. The van der Waals surface area contributed by atoms with E-state index in [9.17, 15) is 0 Å². The number of nitrogens with one attached hydrogen (secondary N) is 1. The van der Waals surface area contributed by atoms with Crippen LogP contribution in [0.25, 0.3) is 5.57 Å². The molecule has 0 fully saturated rings. The molecular formula is C11H15N3. The molecule has 0 aliphatic heterocycles. The lowest BCUT2D eigenvalue weighted by Gasteiger charge is -2.05.